The fraction of sp³-hybridized carbons (Fsp3) is 0.318. The van der Waals surface area contributed by atoms with Gasteiger partial charge in [0.15, 0.2) is 0 Å². The molecule has 0 atom stereocenters. The van der Waals surface area contributed by atoms with Crippen molar-refractivity contribution in [2.24, 2.45) is 0 Å². The van der Waals surface area contributed by atoms with Crippen LogP contribution in [-0.2, 0) is 9.53 Å². The molecule has 30 heavy (non-hydrogen) atoms. The van der Waals surface area contributed by atoms with Gasteiger partial charge in [-0.15, -0.1) is 0 Å². The quantitative estimate of drug-likeness (QED) is 0.194. The molecule has 7 nitrogen and oxygen atoms in total. The van der Waals surface area contributed by atoms with Gasteiger partial charge < -0.3 is 26.1 Å². The van der Waals surface area contributed by atoms with Gasteiger partial charge in [-0.3, -0.25) is 4.79 Å². The molecule has 2 aromatic rings. The summed E-state index contributed by atoms with van der Waals surface area (Å²) in [4.78, 5) is 33.4. The van der Waals surface area contributed by atoms with Crippen molar-refractivity contribution < 1.29 is 75.6 Å². The minimum absolute atomic E-state index is 0. The van der Waals surface area contributed by atoms with Crippen LogP contribution >= 0.6 is 0 Å². The number of unbranched alkanes of at least 4 members (excludes halogenated alkanes) is 4. The van der Waals surface area contributed by atoms with Crippen LogP contribution in [0.1, 0.15) is 66.2 Å². The summed E-state index contributed by atoms with van der Waals surface area (Å²) in [5, 5.41) is 10.2. The number of carboxylic acids is 1. The molecule has 0 aromatic heterocycles. The Morgan fingerprint density at radius 2 is 1.33 bits per heavy atom. The van der Waals surface area contributed by atoms with Crippen LogP contribution in [0.15, 0.2) is 48.5 Å². The Labute approximate surface area is 219 Å². The summed E-state index contributed by atoms with van der Waals surface area (Å²) in [6, 6.07) is 12.8. The molecule has 0 aliphatic rings. The van der Waals surface area contributed by atoms with E-state index < -0.39 is 17.9 Å². The van der Waals surface area contributed by atoms with E-state index >= 15 is 0 Å². The first-order chi connectivity index (χ1) is 13.9. The van der Waals surface area contributed by atoms with E-state index in [1.165, 1.54) is 18.6 Å². The maximum atomic E-state index is 11.7. The molecule has 0 aliphatic heterocycles. The molecule has 2 aromatic carbocycles. The third kappa shape index (κ3) is 10.9. The molecule has 8 heteroatoms. The third-order valence-electron chi connectivity index (χ3n) is 4.05. The van der Waals surface area contributed by atoms with Gasteiger partial charge in [-0.05, 0) is 24.6 Å². The number of benzene rings is 2. The van der Waals surface area contributed by atoms with Gasteiger partial charge in [0.05, 0.1) is 11.5 Å². The van der Waals surface area contributed by atoms with Crippen molar-refractivity contribution in [3.05, 3.63) is 59.7 Å². The Morgan fingerprint density at radius 3 is 1.80 bits per heavy atom. The molecule has 0 saturated carbocycles. The Morgan fingerprint density at radius 1 is 0.833 bits per heavy atom. The SMILES string of the molecule is CCCCCCCC(=O)OC(=O)c1ccccc1N.Nc1ccccc1C(=O)[O-].[K+]. The number of rotatable bonds is 8. The van der Waals surface area contributed by atoms with Crippen molar-refractivity contribution in [1.82, 2.24) is 0 Å². The summed E-state index contributed by atoms with van der Waals surface area (Å²) in [7, 11) is 0. The standard InChI is InChI=1S/C15H21NO3.C7H7NO2.K/c1-2-3-4-5-6-11-14(17)19-15(18)12-9-7-8-10-13(12)16;8-6-4-2-1-3-5(6)7(9)10;/h7-10H,2-6,11,16H2,1H3;1-4H,8H2,(H,9,10);/q;;+1/p-1. The van der Waals surface area contributed by atoms with Gasteiger partial charge in [0.1, 0.15) is 0 Å². The van der Waals surface area contributed by atoms with Gasteiger partial charge in [0.25, 0.3) is 0 Å². The number of para-hydroxylation sites is 2. The van der Waals surface area contributed by atoms with E-state index in [2.05, 4.69) is 6.92 Å². The van der Waals surface area contributed by atoms with Gasteiger partial charge in [0, 0.05) is 23.4 Å². The Hall–Kier alpha value is -1.71. The van der Waals surface area contributed by atoms with Crippen LogP contribution in [0, 0.1) is 0 Å². The van der Waals surface area contributed by atoms with Gasteiger partial charge in [-0.25, -0.2) is 4.79 Å². The predicted octanol–water partition coefficient (Wildman–Crippen LogP) is -0.0510. The van der Waals surface area contributed by atoms with Crippen molar-refractivity contribution in [3.8, 4) is 0 Å². The number of carboxylic acid groups (broad SMARTS) is 1. The molecular weight excluding hydrogens is 411 g/mol. The average molecular weight is 439 g/mol. The number of anilines is 2. The summed E-state index contributed by atoms with van der Waals surface area (Å²) in [6.07, 6.45) is 5.48. The Bertz CT molecular complexity index is 827. The first-order valence-electron chi connectivity index (χ1n) is 9.52. The first-order valence-corrected chi connectivity index (χ1v) is 9.52. The number of carbonyl (C=O) groups is 3. The normalized spacial score (nSPS) is 9.50. The van der Waals surface area contributed by atoms with E-state index in [0.717, 1.165) is 25.7 Å². The molecule has 4 N–H and O–H groups in total. The van der Waals surface area contributed by atoms with E-state index in [4.69, 9.17) is 16.2 Å². The summed E-state index contributed by atoms with van der Waals surface area (Å²) >= 11 is 0. The summed E-state index contributed by atoms with van der Waals surface area (Å²) < 4.78 is 4.77. The molecule has 2 rings (SSSR count). The number of nitrogen functional groups attached to an aromatic ring is 2. The largest absolute Gasteiger partial charge is 1.00 e. The smallest absolute Gasteiger partial charge is 0.545 e. The molecule has 0 fully saturated rings. The van der Waals surface area contributed by atoms with Crippen molar-refractivity contribution in [2.75, 3.05) is 11.5 Å². The summed E-state index contributed by atoms with van der Waals surface area (Å²) in [5.74, 6) is -2.39. The summed E-state index contributed by atoms with van der Waals surface area (Å²) in [6.45, 7) is 2.14. The second-order valence-corrected chi connectivity index (χ2v) is 6.39. The Balaban J connectivity index is 0.000000646. The van der Waals surface area contributed by atoms with E-state index in [9.17, 15) is 19.5 Å². The van der Waals surface area contributed by atoms with Crippen LogP contribution in [0.5, 0.6) is 0 Å². The monoisotopic (exact) mass is 438 g/mol. The second kappa shape index (κ2) is 16.0. The molecule has 0 bridgehead atoms. The van der Waals surface area contributed by atoms with Crippen molar-refractivity contribution >= 4 is 29.3 Å². The van der Waals surface area contributed by atoms with Crippen molar-refractivity contribution in [3.63, 3.8) is 0 Å². The number of esters is 2. The first kappa shape index (κ1) is 28.3. The second-order valence-electron chi connectivity index (χ2n) is 6.39. The van der Waals surface area contributed by atoms with E-state index in [1.807, 2.05) is 0 Å². The molecule has 0 spiro atoms. The average Bonchev–Trinajstić information content (AvgIpc) is 2.68. The third-order valence-corrected chi connectivity index (χ3v) is 4.05. The topological polar surface area (TPSA) is 136 Å². The van der Waals surface area contributed by atoms with Crippen LogP contribution in [-0.4, -0.2) is 17.9 Å². The number of aromatic carboxylic acids is 1. The fourth-order valence-electron chi connectivity index (χ4n) is 2.45. The van der Waals surface area contributed by atoms with Gasteiger partial charge in [-0.2, -0.15) is 0 Å². The zero-order chi connectivity index (χ0) is 21.6. The molecule has 0 amide bonds. The molecular formula is C22H27KN2O5. The van der Waals surface area contributed by atoms with Gasteiger partial charge in [-0.1, -0.05) is 62.9 Å². The van der Waals surface area contributed by atoms with E-state index in [-0.39, 0.29) is 74.6 Å². The van der Waals surface area contributed by atoms with Crippen LogP contribution in [0.3, 0.4) is 0 Å². The molecule has 0 heterocycles. The number of hydrogen-bond acceptors (Lipinski definition) is 7. The van der Waals surface area contributed by atoms with Gasteiger partial charge in [0.2, 0.25) is 0 Å². The molecule has 0 aliphatic carbocycles. The zero-order valence-corrected chi connectivity index (χ0v) is 20.7. The molecule has 0 radical (unpaired) electrons. The summed E-state index contributed by atoms with van der Waals surface area (Å²) in [5.41, 5.74) is 11.8. The maximum Gasteiger partial charge on any atom is 1.00 e. The minimum Gasteiger partial charge on any atom is -0.545 e. The van der Waals surface area contributed by atoms with Crippen LogP contribution in [0.2, 0.25) is 0 Å². The van der Waals surface area contributed by atoms with Crippen LogP contribution in [0.25, 0.3) is 0 Å². The minimum atomic E-state index is -1.24. The fourth-order valence-corrected chi connectivity index (χ4v) is 2.45. The van der Waals surface area contributed by atoms with Crippen LogP contribution < -0.4 is 68.0 Å². The maximum absolute atomic E-state index is 11.7. The van der Waals surface area contributed by atoms with Crippen molar-refractivity contribution in [2.45, 2.75) is 45.4 Å². The van der Waals surface area contributed by atoms with E-state index in [1.54, 1.807) is 36.4 Å². The Kier molecular flexibility index (Phi) is 15.1. The molecule has 0 unspecified atom stereocenters. The van der Waals surface area contributed by atoms with Crippen molar-refractivity contribution in [1.29, 1.82) is 0 Å². The van der Waals surface area contributed by atoms with E-state index in [0.29, 0.717) is 5.69 Å². The predicted molar refractivity (Wildman–Crippen MR) is 110 cm³/mol. The number of ether oxygens (including phenoxy) is 1. The molecule has 0 saturated heterocycles. The zero-order valence-electron chi connectivity index (χ0n) is 17.6. The number of hydrogen-bond donors (Lipinski definition) is 2. The van der Waals surface area contributed by atoms with Gasteiger partial charge >= 0.3 is 63.3 Å². The molecule has 156 valence electrons. The number of nitrogens with two attached hydrogens (primary N) is 2. The number of carbonyl (C=O) groups excluding carboxylic acids is 3. The van der Waals surface area contributed by atoms with Crippen LogP contribution in [0.4, 0.5) is 11.4 Å².